The molecule has 2 aliphatic heterocycles. The van der Waals surface area contributed by atoms with Gasteiger partial charge in [-0.25, -0.2) is 22.7 Å². The van der Waals surface area contributed by atoms with Crippen LogP contribution in [0.5, 0.6) is 0 Å². The number of fused-ring (bicyclic) bond motifs is 1. The minimum Gasteiger partial charge on any atom is -0.465 e. The van der Waals surface area contributed by atoms with E-state index in [9.17, 15) is 22.8 Å². The maximum absolute atomic E-state index is 13.2. The van der Waals surface area contributed by atoms with E-state index >= 15 is 0 Å². The van der Waals surface area contributed by atoms with Crippen LogP contribution in [0.4, 0.5) is 4.79 Å². The Morgan fingerprint density at radius 2 is 1.61 bits per heavy atom. The number of hydrogen-bond donors (Lipinski definition) is 1. The summed E-state index contributed by atoms with van der Waals surface area (Å²) < 4.78 is 44.8. The average molecular weight is 594 g/mol. The molecule has 1 aromatic rings. The molecule has 1 saturated carbocycles. The van der Waals surface area contributed by atoms with Crippen molar-refractivity contribution in [2.75, 3.05) is 40.0 Å². The number of aryl methyl sites for hydroxylation is 1. The Hall–Kier alpha value is -2.70. The zero-order valence-electron chi connectivity index (χ0n) is 24.4. The molecule has 2 heterocycles. The smallest absolute Gasteiger partial charge is 0.410 e. The Morgan fingerprint density at radius 1 is 0.927 bits per heavy atom. The number of sulfonamides is 1. The number of methoxy groups -OCH3 is 1. The van der Waals surface area contributed by atoms with Crippen LogP contribution in [0.2, 0.25) is 0 Å². The molecule has 1 amide bonds. The number of benzene rings is 1. The summed E-state index contributed by atoms with van der Waals surface area (Å²) in [6.07, 6.45) is 2.97. The minimum atomic E-state index is -3.76. The zero-order valence-corrected chi connectivity index (χ0v) is 25.2. The van der Waals surface area contributed by atoms with Gasteiger partial charge in [0.05, 0.1) is 25.2 Å². The number of ether oxygens (including phenoxy) is 3. The summed E-state index contributed by atoms with van der Waals surface area (Å²) in [6, 6.07) is 5.19. The molecule has 0 spiro atoms. The normalized spacial score (nSPS) is 28.5. The number of hydrogen-bond acceptors (Lipinski definition) is 9. The number of carbonyl (C=O) groups is 3. The van der Waals surface area contributed by atoms with Gasteiger partial charge in [-0.1, -0.05) is 18.2 Å². The van der Waals surface area contributed by atoms with E-state index in [0.717, 1.165) is 19.3 Å². The van der Waals surface area contributed by atoms with E-state index in [-0.39, 0.29) is 41.8 Å². The number of nitrogens with one attached hydrogen (secondary N) is 1. The SMILES string of the molecule is CCOC(=O)C1CC(NS(=O)(=O)c2ccccc2C)CN1CC1CCC2CN(C(=O)OC)C(C(=O)OCC)CC2C1. The number of rotatable bonds is 9. The summed E-state index contributed by atoms with van der Waals surface area (Å²) >= 11 is 0. The van der Waals surface area contributed by atoms with Crippen molar-refractivity contribution in [3.8, 4) is 0 Å². The number of piperidine rings is 1. The molecular weight excluding hydrogens is 550 g/mol. The fourth-order valence-electron chi connectivity index (χ4n) is 6.84. The maximum atomic E-state index is 13.2. The van der Waals surface area contributed by atoms with Gasteiger partial charge in [0, 0.05) is 25.7 Å². The largest absolute Gasteiger partial charge is 0.465 e. The van der Waals surface area contributed by atoms with E-state index in [1.807, 2.05) is 0 Å². The number of amides is 1. The fourth-order valence-corrected chi connectivity index (χ4v) is 8.33. The number of likely N-dealkylation sites (tertiary alicyclic amines) is 2. The van der Waals surface area contributed by atoms with E-state index in [4.69, 9.17) is 14.2 Å². The number of carbonyl (C=O) groups excluding carboxylic acids is 3. The van der Waals surface area contributed by atoms with E-state index in [1.54, 1.807) is 45.0 Å². The minimum absolute atomic E-state index is 0.225. The summed E-state index contributed by atoms with van der Waals surface area (Å²) in [4.78, 5) is 41.9. The van der Waals surface area contributed by atoms with Crippen LogP contribution < -0.4 is 4.72 Å². The first-order valence-electron chi connectivity index (χ1n) is 14.6. The molecule has 0 radical (unpaired) electrons. The van der Waals surface area contributed by atoms with Crippen molar-refractivity contribution >= 4 is 28.1 Å². The third kappa shape index (κ3) is 7.21. The topological polar surface area (TPSA) is 132 Å². The molecule has 12 heteroatoms. The third-order valence-electron chi connectivity index (χ3n) is 8.71. The molecule has 1 aliphatic carbocycles. The second-order valence-electron chi connectivity index (χ2n) is 11.4. The Morgan fingerprint density at radius 3 is 2.27 bits per heavy atom. The van der Waals surface area contributed by atoms with Gasteiger partial charge in [-0.05, 0) is 82.3 Å². The van der Waals surface area contributed by atoms with Crippen LogP contribution in [-0.4, -0.2) is 94.3 Å². The lowest BCUT2D eigenvalue weighted by molar-refractivity contribution is -0.153. The van der Waals surface area contributed by atoms with Crippen molar-refractivity contribution in [1.29, 1.82) is 0 Å². The second-order valence-corrected chi connectivity index (χ2v) is 13.0. The molecular formula is C29H43N3O8S. The van der Waals surface area contributed by atoms with Crippen LogP contribution in [-0.2, 0) is 33.8 Å². The molecule has 1 aromatic carbocycles. The molecule has 0 bridgehead atoms. The molecule has 6 unspecified atom stereocenters. The van der Waals surface area contributed by atoms with Crippen molar-refractivity contribution in [1.82, 2.24) is 14.5 Å². The van der Waals surface area contributed by atoms with Crippen molar-refractivity contribution in [3.05, 3.63) is 29.8 Å². The molecule has 41 heavy (non-hydrogen) atoms. The predicted octanol–water partition coefficient (Wildman–Crippen LogP) is 2.72. The molecule has 228 valence electrons. The molecule has 3 fully saturated rings. The lowest BCUT2D eigenvalue weighted by Gasteiger charge is -2.46. The molecule has 2 saturated heterocycles. The zero-order chi connectivity index (χ0) is 29.7. The van der Waals surface area contributed by atoms with E-state index < -0.39 is 40.2 Å². The van der Waals surface area contributed by atoms with Crippen molar-refractivity contribution in [3.63, 3.8) is 0 Å². The lowest BCUT2D eigenvalue weighted by Crippen LogP contribution is -2.55. The van der Waals surface area contributed by atoms with E-state index in [2.05, 4.69) is 9.62 Å². The highest BCUT2D eigenvalue weighted by atomic mass is 32.2. The van der Waals surface area contributed by atoms with Crippen LogP contribution in [0.3, 0.4) is 0 Å². The predicted molar refractivity (Wildman–Crippen MR) is 150 cm³/mol. The highest BCUT2D eigenvalue weighted by Crippen LogP contribution is 2.42. The monoisotopic (exact) mass is 593 g/mol. The first-order valence-corrected chi connectivity index (χ1v) is 16.1. The van der Waals surface area contributed by atoms with Gasteiger partial charge in [-0.15, -0.1) is 0 Å². The third-order valence-corrected chi connectivity index (χ3v) is 10.4. The second kappa shape index (κ2) is 13.5. The number of nitrogens with zero attached hydrogens (tertiary/aromatic N) is 2. The highest BCUT2D eigenvalue weighted by molar-refractivity contribution is 7.89. The van der Waals surface area contributed by atoms with Crippen LogP contribution in [0, 0.1) is 24.7 Å². The van der Waals surface area contributed by atoms with E-state index in [1.165, 1.54) is 12.0 Å². The Bertz CT molecular complexity index is 1210. The Balaban J connectivity index is 1.45. The van der Waals surface area contributed by atoms with Gasteiger partial charge in [0.1, 0.15) is 12.1 Å². The molecule has 1 N–H and O–H groups in total. The maximum Gasteiger partial charge on any atom is 0.410 e. The van der Waals surface area contributed by atoms with Crippen LogP contribution in [0.15, 0.2) is 29.2 Å². The quantitative estimate of drug-likeness (QED) is 0.339. The Kier molecular flexibility index (Phi) is 10.3. The van der Waals surface area contributed by atoms with Crippen molar-refractivity contribution in [2.24, 2.45) is 17.8 Å². The summed E-state index contributed by atoms with van der Waals surface area (Å²) in [7, 11) is -2.44. The van der Waals surface area contributed by atoms with Gasteiger partial charge in [0.15, 0.2) is 0 Å². The Labute approximate surface area is 242 Å². The van der Waals surface area contributed by atoms with Gasteiger partial charge < -0.3 is 14.2 Å². The molecule has 11 nitrogen and oxygen atoms in total. The van der Waals surface area contributed by atoms with Gasteiger partial charge in [0.2, 0.25) is 10.0 Å². The molecule has 6 atom stereocenters. The van der Waals surface area contributed by atoms with Crippen LogP contribution >= 0.6 is 0 Å². The van der Waals surface area contributed by atoms with Gasteiger partial charge in [-0.2, -0.15) is 0 Å². The molecule has 0 aromatic heterocycles. The summed E-state index contributed by atoms with van der Waals surface area (Å²) in [5.74, 6) is -0.0173. The van der Waals surface area contributed by atoms with Gasteiger partial charge in [-0.3, -0.25) is 14.6 Å². The van der Waals surface area contributed by atoms with Gasteiger partial charge in [0.25, 0.3) is 0 Å². The first-order chi connectivity index (χ1) is 19.6. The van der Waals surface area contributed by atoms with E-state index in [0.29, 0.717) is 38.0 Å². The number of esters is 2. The summed E-state index contributed by atoms with van der Waals surface area (Å²) in [5.41, 5.74) is 0.660. The van der Waals surface area contributed by atoms with Crippen molar-refractivity contribution < 1.29 is 37.0 Å². The lowest BCUT2D eigenvalue weighted by atomic mass is 9.69. The molecule has 4 rings (SSSR count). The van der Waals surface area contributed by atoms with Crippen LogP contribution in [0.25, 0.3) is 0 Å². The van der Waals surface area contributed by atoms with Crippen LogP contribution in [0.1, 0.15) is 51.5 Å². The highest BCUT2D eigenvalue weighted by Gasteiger charge is 2.46. The first kappa shape index (κ1) is 31.2. The summed E-state index contributed by atoms with van der Waals surface area (Å²) in [5, 5.41) is 0. The fraction of sp³-hybridized carbons (Fsp3) is 0.690. The van der Waals surface area contributed by atoms with Crippen molar-refractivity contribution in [2.45, 2.75) is 75.9 Å². The average Bonchev–Trinajstić information content (AvgIpc) is 3.33. The summed E-state index contributed by atoms with van der Waals surface area (Å²) in [6.45, 7) is 7.23. The van der Waals surface area contributed by atoms with Gasteiger partial charge >= 0.3 is 18.0 Å². The molecule has 3 aliphatic rings. The standard InChI is InChI=1S/C29H43N3O8S/c1-5-39-27(33)24-15-23(30-41(36,37)26-10-8-7-9-19(26)3)18-31(24)16-20-11-12-21-17-32(29(35)38-4)25(14-22(21)13-20)28(34)40-6-2/h7-10,20-25,30H,5-6,11-18H2,1-4H3.